The summed E-state index contributed by atoms with van der Waals surface area (Å²) in [4.78, 5) is 11.9. The Morgan fingerprint density at radius 1 is 1.16 bits per heavy atom. The topological polar surface area (TPSA) is 70.9 Å². The minimum Gasteiger partial charge on any atom is -0.507 e. The molecule has 3 aromatic carbocycles. The molecule has 126 valence electrons. The van der Waals surface area contributed by atoms with Gasteiger partial charge in [-0.1, -0.05) is 48.0 Å². The van der Waals surface area contributed by atoms with Crippen molar-refractivity contribution >= 4 is 34.5 Å². The van der Waals surface area contributed by atoms with E-state index in [2.05, 4.69) is 10.5 Å². The van der Waals surface area contributed by atoms with Crippen molar-refractivity contribution in [2.75, 3.05) is 6.61 Å². The Balaban J connectivity index is 1.59. The van der Waals surface area contributed by atoms with E-state index in [1.54, 1.807) is 12.1 Å². The van der Waals surface area contributed by atoms with Crippen LogP contribution in [0.3, 0.4) is 0 Å². The zero-order valence-electron chi connectivity index (χ0n) is 13.1. The van der Waals surface area contributed by atoms with E-state index in [4.69, 9.17) is 16.3 Å². The summed E-state index contributed by atoms with van der Waals surface area (Å²) in [6.07, 6.45) is 1.32. The van der Waals surface area contributed by atoms with Gasteiger partial charge in [-0.05, 0) is 29.7 Å². The molecule has 1 amide bonds. The molecule has 0 aromatic heterocycles. The minimum absolute atomic E-state index is 0.0226. The monoisotopic (exact) mass is 354 g/mol. The molecule has 0 heterocycles. The zero-order valence-corrected chi connectivity index (χ0v) is 13.9. The summed E-state index contributed by atoms with van der Waals surface area (Å²) in [5.74, 6) is 0.241. The molecule has 0 radical (unpaired) electrons. The highest BCUT2D eigenvalue weighted by molar-refractivity contribution is 6.30. The number of hydrazone groups is 1. The quantitative estimate of drug-likeness (QED) is 0.541. The Morgan fingerprint density at radius 3 is 2.84 bits per heavy atom. The van der Waals surface area contributed by atoms with Gasteiger partial charge in [0, 0.05) is 16.0 Å². The first-order chi connectivity index (χ1) is 12.1. The number of aromatic hydroxyl groups is 1. The fraction of sp³-hybridized carbons (Fsp3) is 0.0526. The Morgan fingerprint density at radius 2 is 1.96 bits per heavy atom. The van der Waals surface area contributed by atoms with Gasteiger partial charge in [0.2, 0.25) is 0 Å². The third-order valence-corrected chi connectivity index (χ3v) is 3.73. The number of fused-ring (bicyclic) bond motifs is 1. The first-order valence-electron chi connectivity index (χ1n) is 7.54. The number of carbonyl (C=O) groups excluding carboxylic acids is 1. The molecule has 0 fully saturated rings. The summed E-state index contributed by atoms with van der Waals surface area (Å²) >= 11 is 5.84. The second-order valence-electron chi connectivity index (χ2n) is 5.26. The molecule has 25 heavy (non-hydrogen) atoms. The maximum atomic E-state index is 11.9. The second kappa shape index (κ2) is 7.68. The van der Waals surface area contributed by atoms with Gasteiger partial charge in [0.15, 0.2) is 6.61 Å². The first kappa shape index (κ1) is 16.8. The fourth-order valence-electron chi connectivity index (χ4n) is 2.30. The number of carbonyl (C=O) groups is 1. The van der Waals surface area contributed by atoms with E-state index in [1.807, 2.05) is 42.5 Å². The SMILES string of the molecule is O=C(COc1cccc2ccccc12)NN=Cc1cc(Cl)ccc1O. The normalized spacial score (nSPS) is 10.9. The molecule has 0 saturated heterocycles. The number of rotatable bonds is 5. The molecular weight excluding hydrogens is 340 g/mol. The van der Waals surface area contributed by atoms with Crippen LogP contribution in [0.25, 0.3) is 10.8 Å². The third kappa shape index (κ3) is 4.28. The third-order valence-electron chi connectivity index (χ3n) is 3.49. The van der Waals surface area contributed by atoms with Gasteiger partial charge in [-0.2, -0.15) is 5.10 Å². The minimum atomic E-state index is -0.411. The van der Waals surface area contributed by atoms with Crippen LogP contribution in [0.5, 0.6) is 11.5 Å². The number of hydrogen-bond acceptors (Lipinski definition) is 4. The second-order valence-corrected chi connectivity index (χ2v) is 5.70. The van der Waals surface area contributed by atoms with Crippen LogP contribution < -0.4 is 10.2 Å². The summed E-state index contributed by atoms with van der Waals surface area (Å²) in [6, 6.07) is 18.0. The van der Waals surface area contributed by atoms with Crippen molar-refractivity contribution in [3.8, 4) is 11.5 Å². The number of nitrogens with one attached hydrogen (secondary N) is 1. The standard InChI is InChI=1S/C19H15ClN2O3/c20-15-8-9-17(23)14(10-15)11-21-22-19(24)12-25-18-7-3-5-13-4-1-2-6-16(13)18/h1-11,23H,12H2,(H,22,24). The van der Waals surface area contributed by atoms with Crippen molar-refractivity contribution in [2.24, 2.45) is 5.10 Å². The highest BCUT2D eigenvalue weighted by Gasteiger charge is 2.05. The lowest BCUT2D eigenvalue weighted by atomic mass is 10.1. The van der Waals surface area contributed by atoms with E-state index in [9.17, 15) is 9.90 Å². The van der Waals surface area contributed by atoms with Gasteiger partial charge in [0.1, 0.15) is 11.5 Å². The van der Waals surface area contributed by atoms with Crippen LogP contribution in [0.4, 0.5) is 0 Å². The molecule has 0 aliphatic carbocycles. The molecule has 3 aromatic rings. The predicted molar refractivity (Wildman–Crippen MR) is 98.3 cm³/mol. The van der Waals surface area contributed by atoms with Gasteiger partial charge >= 0.3 is 0 Å². The number of nitrogens with zero attached hydrogens (tertiary/aromatic N) is 1. The maximum absolute atomic E-state index is 11.9. The van der Waals surface area contributed by atoms with Gasteiger partial charge in [-0.3, -0.25) is 4.79 Å². The summed E-state index contributed by atoms with van der Waals surface area (Å²) in [5.41, 5.74) is 2.75. The summed E-state index contributed by atoms with van der Waals surface area (Å²) < 4.78 is 5.57. The lowest BCUT2D eigenvalue weighted by Gasteiger charge is -2.08. The van der Waals surface area contributed by atoms with Crippen molar-refractivity contribution in [1.29, 1.82) is 0 Å². The van der Waals surface area contributed by atoms with Crippen molar-refractivity contribution < 1.29 is 14.6 Å². The van der Waals surface area contributed by atoms with E-state index in [0.717, 1.165) is 10.8 Å². The zero-order chi connectivity index (χ0) is 17.6. The fourth-order valence-corrected chi connectivity index (χ4v) is 2.48. The molecule has 0 spiro atoms. The van der Waals surface area contributed by atoms with Crippen molar-refractivity contribution in [3.63, 3.8) is 0 Å². The summed E-state index contributed by atoms with van der Waals surface area (Å²) in [6.45, 7) is -0.174. The van der Waals surface area contributed by atoms with E-state index in [-0.39, 0.29) is 12.4 Å². The predicted octanol–water partition coefficient (Wildman–Crippen LogP) is 3.73. The van der Waals surface area contributed by atoms with E-state index in [1.165, 1.54) is 12.3 Å². The molecule has 3 rings (SSSR count). The highest BCUT2D eigenvalue weighted by Crippen LogP contribution is 2.25. The number of ether oxygens (including phenoxy) is 1. The molecule has 0 aliphatic heterocycles. The lowest BCUT2D eigenvalue weighted by Crippen LogP contribution is -2.24. The van der Waals surface area contributed by atoms with E-state index >= 15 is 0 Å². The van der Waals surface area contributed by atoms with Crippen molar-refractivity contribution in [1.82, 2.24) is 5.43 Å². The Labute approximate surface area is 149 Å². The van der Waals surface area contributed by atoms with Crippen LogP contribution in [0, 0.1) is 0 Å². The van der Waals surface area contributed by atoms with Gasteiger partial charge in [0.05, 0.1) is 6.21 Å². The van der Waals surface area contributed by atoms with Gasteiger partial charge in [0.25, 0.3) is 5.91 Å². The molecule has 2 N–H and O–H groups in total. The molecule has 0 saturated carbocycles. The number of phenols is 1. The average Bonchev–Trinajstić information content (AvgIpc) is 2.63. The molecule has 0 aliphatic rings. The summed E-state index contributed by atoms with van der Waals surface area (Å²) in [5, 5.41) is 15.9. The molecule has 0 bridgehead atoms. The maximum Gasteiger partial charge on any atom is 0.277 e. The van der Waals surface area contributed by atoms with E-state index in [0.29, 0.717) is 16.3 Å². The number of hydrogen-bond donors (Lipinski definition) is 2. The van der Waals surface area contributed by atoms with E-state index < -0.39 is 5.91 Å². The van der Waals surface area contributed by atoms with Crippen LogP contribution in [0.2, 0.25) is 5.02 Å². The molecule has 0 atom stereocenters. The molecular formula is C19H15ClN2O3. The molecule has 0 unspecified atom stereocenters. The highest BCUT2D eigenvalue weighted by atomic mass is 35.5. The van der Waals surface area contributed by atoms with Gasteiger partial charge < -0.3 is 9.84 Å². The van der Waals surface area contributed by atoms with Crippen LogP contribution in [0.15, 0.2) is 65.8 Å². The smallest absolute Gasteiger partial charge is 0.277 e. The summed E-state index contributed by atoms with van der Waals surface area (Å²) in [7, 11) is 0. The Hall–Kier alpha value is -3.05. The van der Waals surface area contributed by atoms with Crippen LogP contribution in [-0.4, -0.2) is 23.8 Å². The van der Waals surface area contributed by atoms with Crippen LogP contribution in [-0.2, 0) is 4.79 Å². The number of amides is 1. The van der Waals surface area contributed by atoms with Crippen molar-refractivity contribution in [3.05, 3.63) is 71.2 Å². The van der Waals surface area contributed by atoms with Crippen LogP contribution in [0.1, 0.15) is 5.56 Å². The van der Waals surface area contributed by atoms with Gasteiger partial charge in [-0.15, -0.1) is 0 Å². The molecule has 5 nitrogen and oxygen atoms in total. The van der Waals surface area contributed by atoms with Crippen LogP contribution >= 0.6 is 11.6 Å². The first-order valence-corrected chi connectivity index (χ1v) is 7.92. The number of benzene rings is 3. The van der Waals surface area contributed by atoms with Gasteiger partial charge in [-0.25, -0.2) is 5.43 Å². The number of phenolic OH excluding ortho intramolecular Hbond substituents is 1. The number of halogens is 1. The Bertz CT molecular complexity index is 936. The van der Waals surface area contributed by atoms with Crippen molar-refractivity contribution in [2.45, 2.75) is 0 Å². The largest absolute Gasteiger partial charge is 0.507 e. The molecule has 6 heteroatoms. The Kier molecular flexibility index (Phi) is 5.16. The lowest BCUT2D eigenvalue weighted by molar-refractivity contribution is -0.123. The average molecular weight is 355 g/mol.